The molecule has 0 aliphatic rings. The predicted octanol–water partition coefficient (Wildman–Crippen LogP) is 11.5. The lowest BCUT2D eigenvalue weighted by atomic mass is 9.93. The predicted molar refractivity (Wildman–Crippen MR) is 218 cm³/mol. The monoisotopic (exact) mass is 690 g/mol. The van der Waals surface area contributed by atoms with Gasteiger partial charge in [-0.2, -0.15) is 0 Å². The fourth-order valence-corrected chi connectivity index (χ4v) is 7.00. The summed E-state index contributed by atoms with van der Waals surface area (Å²) in [5, 5.41) is 0.972. The highest BCUT2D eigenvalue weighted by molar-refractivity contribution is 6.04. The third kappa shape index (κ3) is 5.82. The number of hydrogen-bond donors (Lipinski definition) is 0. The first-order chi connectivity index (χ1) is 26.7. The molecule has 0 saturated carbocycles. The molecule has 3 heterocycles. The number of rotatable bonds is 6. The van der Waals surface area contributed by atoms with Crippen LogP contribution in [-0.4, -0.2) is 29.9 Å². The number of benzene rings is 7. The van der Waals surface area contributed by atoms with Gasteiger partial charge in [-0.05, 0) is 53.1 Å². The number of fused-ring (bicyclic) bond motifs is 3. The fraction of sp³-hybridized carbons (Fsp3) is 0. The van der Waals surface area contributed by atoms with Crippen LogP contribution in [0.25, 0.3) is 100 Å². The van der Waals surface area contributed by atoms with Crippen LogP contribution in [0, 0.1) is 0 Å². The molecular formula is C48H30N6. The molecule has 0 radical (unpaired) electrons. The first kappa shape index (κ1) is 31.3. The topological polar surface area (TPSA) is 77.3 Å². The lowest BCUT2D eigenvalue weighted by Gasteiger charge is -2.16. The van der Waals surface area contributed by atoms with Crippen LogP contribution in [0.4, 0.5) is 0 Å². The summed E-state index contributed by atoms with van der Waals surface area (Å²) < 4.78 is 0. The van der Waals surface area contributed by atoms with Crippen LogP contribution < -0.4 is 0 Å². The summed E-state index contributed by atoms with van der Waals surface area (Å²) in [5.41, 5.74) is 15.1. The van der Waals surface area contributed by atoms with Crippen LogP contribution in [0.2, 0.25) is 0 Å². The van der Waals surface area contributed by atoms with Gasteiger partial charge in [-0.25, -0.2) is 19.9 Å². The van der Waals surface area contributed by atoms with Crippen LogP contribution in [0.15, 0.2) is 182 Å². The van der Waals surface area contributed by atoms with Crippen molar-refractivity contribution >= 4 is 33.0 Å². The Hall–Kier alpha value is -7.44. The molecule has 3 aromatic heterocycles. The highest BCUT2D eigenvalue weighted by Gasteiger charge is 2.18. The van der Waals surface area contributed by atoms with Crippen LogP contribution in [0.5, 0.6) is 0 Å². The van der Waals surface area contributed by atoms with E-state index in [2.05, 4.69) is 119 Å². The minimum atomic E-state index is 0.641. The molecule has 7 aromatic carbocycles. The smallest absolute Gasteiger partial charge is 0.160 e. The van der Waals surface area contributed by atoms with Gasteiger partial charge in [0.1, 0.15) is 0 Å². The Morgan fingerprint density at radius 2 is 0.796 bits per heavy atom. The van der Waals surface area contributed by atoms with Crippen molar-refractivity contribution in [2.75, 3.05) is 0 Å². The summed E-state index contributed by atoms with van der Waals surface area (Å²) >= 11 is 0. The van der Waals surface area contributed by atoms with E-state index in [4.69, 9.17) is 19.9 Å². The molecule has 10 aromatic rings. The van der Waals surface area contributed by atoms with E-state index in [9.17, 15) is 0 Å². The van der Waals surface area contributed by atoms with Gasteiger partial charge in [0.05, 0.1) is 57.1 Å². The molecule has 0 saturated heterocycles. The molecule has 0 atom stereocenters. The van der Waals surface area contributed by atoms with E-state index in [1.54, 1.807) is 0 Å². The van der Waals surface area contributed by atoms with Gasteiger partial charge in [-0.1, -0.05) is 133 Å². The highest BCUT2D eigenvalue weighted by Crippen LogP contribution is 2.39. The van der Waals surface area contributed by atoms with E-state index in [1.807, 2.05) is 73.1 Å². The summed E-state index contributed by atoms with van der Waals surface area (Å²) in [6.07, 6.45) is 3.66. The summed E-state index contributed by atoms with van der Waals surface area (Å²) in [7, 11) is 0. The Labute approximate surface area is 311 Å². The van der Waals surface area contributed by atoms with Crippen LogP contribution in [0.3, 0.4) is 0 Å². The zero-order chi connectivity index (χ0) is 35.8. The van der Waals surface area contributed by atoms with Gasteiger partial charge >= 0.3 is 0 Å². The largest absolute Gasteiger partial charge is 0.252 e. The van der Waals surface area contributed by atoms with Crippen molar-refractivity contribution in [3.05, 3.63) is 182 Å². The average molecular weight is 691 g/mol. The molecule has 0 fully saturated rings. The Kier molecular flexibility index (Phi) is 7.69. The molecule has 10 rings (SSSR count). The third-order valence-corrected chi connectivity index (χ3v) is 9.78. The number of aromatic nitrogens is 6. The van der Waals surface area contributed by atoms with E-state index in [0.29, 0.717) is 5.82 Å². The molecule has 6 nitrogen and oxygen atoms in total. The van der Waals surface area contributed by atoms with Crippen LogP contribution in [-0.2, 0) is 0 Å². The SMILES string of the molecule is c1ccc(-c2cc(-c3ccccc3)c3nc(-c4ccc(-c5cnc6ccccc6n5)cc4)nc(-c4ccc(-c5cnc6ccccc6n5)cc4)c3c2)cc1. The third-order valence-electron chi connectivity index (χ3n) is 9.78. The Morgan fingerprint density at radius 1 is 0.315 bits per heavy atom. The molecule has 0 aliphatic carbocycles. The van der Waals surface area contributed by atoms with Crippen molar-refractivity contribution < 1.29 is 0 Å². The molecule has 0 bridgehead atoms. The minimum absolute atomic E-state index is 0.641. The molecule has 54 heavy (non-hydrogen) atoms. The fourth-order valence-electron chi connectivity index (χ4n) is 7.00. The molecule has 0 unspecified atom stereocenters. The van der Waals surface area contributed by atoms with Gasteiger partial charge in [-0.3, -0.25) is 9.97 Å². The summed E-state index contributed by atoms with van der Waals surface area (Å²) in [6, 6.07) is 58.0. The van der Waals surface area contributed by atoms with Gasteiger partial charge in [0.2, 0.25) is 0 Å². The quantitative estimate of drug-likeness (QED) is 0.173. The summed E-state index contributed by atoms with van der Waals surface area (Å²) in [6.45, 7) is 0. The number of nitrogens with zero attached hydrogens (tertiary/aromatic N) is 6. The van der Waals surface area contributed by atoms with Gasteiger partial charge in [0.15, 0.2) is 5.82 Å². The molecule has 0 spiro atoms. The second-order valence-corrected chi connectivity index (χ2v) is 13.2. The number of hydrogen-bond acceptors (Lipinski definition) is 6. The van der Waals surface area contributed by atoms with E-state index >= 15 is 0 Å². The summed E-state index contributed by atoms with van der Waals surface area (Å²) in [5.74, 6) is 0.641. The van der Waals surface area contributed by atoms with Crippen molar-refractivity contribution in [1.29, 1.82) is 0 Å². The second kappa shape index (κ2) is 13.3. The average Bonchev–Trinajstić information content (AvgIpc) is 3.26. The zero-order valence-electron chi connectivity index (χ0n) is 29.0. The van der Waals surface area contributed by atoms with Crippen LogP contribution >= 0.6 is 0 Å². The molecule has 0 aliphatic heterocycles. The van der Waals surface area contributed by atoms with Crippen molar-refractivity contribution in [3.8, 4) is 67.4 Å². The Balaban J connectivity index is 1.15. The zero-order valence-corrected chi connectivity index (χ0v) is 29.0. The van der Waals surface area contributed by atoms with Crippen LogP contribution in [0.1, 0.15) is 0 Å². The summed E-state index contributed by atoms with van der Waals surface area (Å²) in [4.78, 5) is 29.7. The molecular weight excluding hydrogens is 661 g/mol. The van der Waals surface area contributed by atoms with E-state index in [-0.39, 0.29) is 0 Å². The normalized spacial score (nSPS) is 11.3. The maximum atomic E-state index is 5.33. The van der Waals surface area contributed by atoms with Gasteiger partial charge < -0.3 is 0 Å². The Morgan fingerprint density at radius 3 is 1.37 bits per heavy atom. The number of para-hydroxylation sites is 4. The lowest BCUT2D eigenvalue weighted by Crippen LogP contribution is -1.98. The maximum Gasteiger partial charge on any atom is 0.160 e. The van der Waals surface area contributed by atoms with E-state index < -0.39 is 0 Å². The highest BCUT2D eigenvalue weighted by atomic mass is 14.9. The first-order valence-corrected chi connectivity index (χ1v) is 17.9. The maximum absolute atomic E-state index is 5.33. The van der Waals surface area contributed by atoms with Crippen molar-refractivity contribution in [3.63, 3.8) is 0 Å². The molecule has 0 amide bonds. The molecule has 6 heteroatoms. The van der Waals surface area contributed by atoms with Crippen molar-refractivity contribution in [2.24, 2.45) is 0 Å². The lowest BCUT2D eigenvalue weighted by molar-refractivity contribution is 1.23. The first-order valence-electron chi connectivity index (χ1n) is 17.9. The van der Waals surface area contributed by atoms with Gasteiger partial charge in [-0.15, -0.1) is 0 Å². The van der Waals surface area contributed by atoms with E-state index in [1.165, 1.54) is 0 Å². The van der Waals surface area contributed by atoms with E-state index in [0.717, 1.165) is 94.6 Å². The molecule has 0 N–H and O–H groups in total. The van der Waals surface area contributed by atoms with Gasteiger partial charge in [0.25, 0.3) is 0 Å². The Bertz CT molecular complexity index is 2960. The van der Waals surface area contributed by atoms with Crippen molar-refractivity contribution in [2.45, 2.75) is 0 Å². The van der Waals surface area contributed by atoms with Crippen molar-refractivity contribution in [1.82, 2.24) is 29.9 Å². The minimum Gasteiger partial charge on any atom is -0.252 e. The van der Waals surface area contributed by atoms with Gasteiger partial charge in [0, 0.05) is 33.2 Å². The second-order valence-electron chi connectivity index (χ2n) is 13.2. The molecule has 252 valence electrons. The standard InChI is InChI=1S/C48H30N6/c1-3-11-31(12-4-1)37-27-38(32-13-5-2-6-14-32)47-39(28-37)46(35-23-19-33(20-24-35)44-29-49-40-15-7-9-17-42(40)51-44)53-48(54-47)36-25-21-34(22-26-36)45-30-50-41-16-8-10-18-43(41)52-45/h1-30H.